The predicted molar refractivity (Wildman–Crippen MR) is 103 cm³/mol. The second kappa shape index (κ2) is 7.11. The number of aromatic nitrogens is 1. The van der Waals surface area contributed by atoms with Gasteiger partial charge in [-0.3, -0.25) is 4.79 Å². The van der Waals surface area contributed by atoms with Gasteiger partial charge in [0.25, 0.3) is 0 Å². The number of nitrogens with one attached hydrogen (secondary N) is 1. The van der Waals surface area contributed by atoms with Crippen molar-refractivity contribution in [1.82, 2.24) is 4.98 Å². The van der Waals surface area contributed by atoms with Crippen molar-refractivity contribution in [2.45, 2.75) is 0 Å². The minimum Gasteiger partial charge on any atom is -0.461 e. The normalized spacial score (nSPS) is 11.5. The van der Waals surface area contributed by atoms with E-state index in [1.807, 2.05) is 60.7 Å². The highest BCUT2D eigenvalue weighted by Gasteiger charge is 2.13. The third-order valence-corrected chi connectivity index (χ3v) is 4.19. The van der Waals surface area contributed by atoms with Crippen LogP contribution in [-0.4, -0.2) is 10.8 Å². The first-order valence-electron chi connectivity index (χ1n) is 8.41. The molecule has 0 bridgehead atoms. The Morgan fingerprint density at radius 3 is 2.23 bits per heavy atom. The van der Waals surface area contributed by atoms with Gasteiger partial charge in [-0.25, -0.2) is 0 Å². The quantitative estimate of drug-likeness (QED) is 0.380. The molecule has 4 rings (SSSR count). The zero-order valence-corrected chi connectivity index (χ0v) is 14.1. The zero-order valence-electron chi connectivity index (χ0n) is 14.1. The van der Waals surface area contributed by atoms with E-state index >= 15 is 0 Å². The van der Waals surface area contributed by atoms with E-state index in [2.05, 4.69) is 17.1 Å². The highest BCUT2D eigenvalue weighted by atomic mass is 16.3. The largest absolute Gasteiger partial charge is 0.461 e. The Bertz CT molecular complexity index is 1030. The molecule has 0 spiro atoms. The second-order valence-corrected chi connectivity index (χ2v) is 5.92. The maximum absolute atomic E-state index is 12.6. The molecule has 0 aliphatic heterocycles. The van der Waals surface area contributed by atoms with Crippen molar-refractivity contribution in [3.05, 3.63) is 114 Å². The molecule has 3 nitrogen and oxygen atoms in total. The van der Waals surface area contributed by atoms with Gasteiger partial charge in [0, 0.05) is 17.0 Å². The number of rotatable bonds is 5. The lowest BCUT2D eigenvalue weighted by Crippen LogP contribution is -1.97. The summed E-state index contributed by atoms with van der Waals surface area (Å²) < 4.78 is 5.24. The van der Waals surface area contributed by atoms with E-state index < -0.39 is 0 Å². The molecule has 0 atom stereocenters. The third kappa shape index (κ3) is 3.28. The molecule has 1 N–H and O–H groups in total. The molecule has 2 aromatic carbocycles. The first-order chi connectivity index (χ1) is 12.8. The van der Waals surface area contributed by atoms with E-state index in [9.17, 15) is 4.79 Å². The smallest absolute Gasteiger partial charge is 0.221 e. The monoisotopic (exact) mass is 339 g/mol. The number of carbonyl (C=O) groups excluding carboxylic acids is 1. The molecule has 2 heterocycles. The van der Waals surface area contributed by atoms with Crippen LogP contribution in [0.2, 0.25) is 0 Å². The summed E-state index contributed by atoms with van der Waals surface area (Å²) in [6.45, 7) is 0. The zero-order chi connectivity index (χ0) is 17.8. The summed E-state index contributed by atoms with van der Waals surface area (Å²) in [5.74, 6) is 0.165. The van der Waals surface area contributed by atoms with Gasteiger partial charge < -0.3 is 9.40 Å². The minimum atomic E-state index is -0.162. The molecule has 0 amide bonds. The summed E-state index contributed by atoms with van der Waals surface area (Å²) in [7, 11) is 0. The maximum atomic E-state index is 12.6. The molecule has 0 aliphatic carbocycles. The van der Waals surface area contributed by atoms with E-state index in [4.69, 9.17) is 4.42 Å². The van der Waals surface area contributed by atoms with Gasteiger partial charge in [0.2, 0.25) is 5.78 Å². The Morgan fingerprint density at radius 1 is 0.808 bits per heavy atom. The minimum absolute atomic E-state index is 0.162. The number of ketones is 1. The summed E-state index contributed by atoms with van der Waals surface area (Å²) in [4.78, 5) is 16.0. The SMILES string of the molecule is O=C(/C=C(/c1ccccc1)c1ccc(-c2ccccc2)[nH]1)c1ccco1. The third-order valence-electron chi connectivity index (χ3n) is 4.19. The second-order valence-electron chi connectivity index (χ2n) is 5.92. The summed E-state index contributed by atoms with van der Waals surface area (Å²) in [6, 6.07) is 27.4. The molecular weight excluding hydrogens is 322 g/mol. The molecular formula is C23H17NO2. The Kier molecular flexibility index (Phi) is 4.35. The van der Waals surface area contributed by atoms with E-state index in [1.54, 1.807) is 18.2 Å². The van der Waals surface area contributed by atoms with Gasteiger partial charge in [-0.15, -0.1) is 0 Å². The topological polar surface area (TPSA) is 46.0 Å². The molecule has 126 valence electrons. The van der Waals surface area contributed by atoms with Crippen LogP contribution in [-0.2, 0) is 0 Å². The first kappa shape index (κ1) is 15.9. The van der Waals surface area contributed by atoms with Crippen LogP contribution in [0, 0.1) is 0 Å². The molecule has 0 saturated heterocycles. The van der Waals surface area contributed by atoms with Gasteiger partial charge >= 0.3 is 0 Å². The van der Waals surface area contributed by atoms with E-state index in [1.165, 1.54) is 6.26 Å². The molecule has 4 aromatic rings. The van der Waals surface area contributed by atoms with Gasteiger partial charge in [0.1, 0.15) is 0 Å². The van der Waals surface area contributed by atoms with E-state index in [0.717, 1.165) is 28.1 Å². The highest BCUT2D eigenvalue weighted by Crippen LogP contribution is 2.27. The van der Waals surface area contributed by atoms with Crippen molar-refractivity contribution in [1.29, 1.82) is 0 Å². The lowest BCUT2D eigenvalue weighted by Gasteiger charge is -2.06. The maximum Gasteiger partial charge on any atom is 0.221 e. The summed E-state index contributed by atoms with van der Waals surface area (Å²) in [6.07, 6.45) is 3.13. The Morgan fingerprint density at radius 2 is 1.54 bits per heavy atom. The van der Waals surface area contributed by atoms with Gasteiger partial charge in [0.15, 0.2) is 5.76 Å². The lowest BCUT2D eigenvalue weighted by atomic mass is 10.0. The number of H-pyrrole nitrogens is 1. The molecule has 2 aromatic heterocycles. The summed E-state index contributed by atoms with van der Waals surface area (Å²) in [5.41, 5.74) is 4.79. The van der Waals surface area contributed by atoms with Crippen LogP contribution in [0.5, 0.6) is 0 Å². The number of carbonyl (C=O) groups is 1. The highest BCUT2D eigenvalue weighted by molar-refractivity contribution is 6.08. The number of furan rings is 1. The molecule has 0 saturated carbocycles. The van der Waals surface area contributed by atoms with E-state index in [-0.39, 0.29) is 5.78 Å². The first-order valence-corrected chi connectivity index (χ1v) is 8.41. The van der Waals surface area contributed by atoms with Crippen LogP contribution in [0.3, 0.4) is 0 Å². The van der Waals surface area contributed by atoms with Crippen LogP contribution in [0.1, 0.15) is 21.8 Å². The average molecular weight is 339 g/mol. The van der Waals surface area contributed by atoms with Gasteiger partial charge in [0.05, 0.1) is 6.26 Å². The summed E-state index contributed by atoms with van der Waals surface area (Å²) in [5, 5.41) is 0. The molecule has 0 radical (unpaired) electrons. The lowest BCUT2D eigenvalue weighted by molar-refractivity contribution is 0.102. The average Bonchev–Trinajstić information content (AvgIpc) is 3.39. The number of allylic oxidation sites excluding steroid dienone is 1. The Balaban J connectivity index is 1.77. The Hall–Kier alpha value is -3.59. The molecule has 26 heavy (non-hydrogen) atoms. The molecule has 3 heteroatoms. The number of hydrogen-bond acceptors (Lipinski definition) is 2. The predicted octanol–water partition coefficient (Wildman–Crippen LogP) is 5.59. The van der Waals surface area contributed by atoms with Crippen molar-refractivity contribution in [3.63, 3.8) is 0 Å². The number of hydrogen-bond donors (Lipinski definition) is 1. The van der Waals surface area contributed by atoms with Crippen LogP contribution >= 0.6 is 0 Å². The van der Waals surface area contributed by atoms with Crippen LogP contribution < -0.4 is 0 Å². The van der Waals surface area contributed by atoms with Crippen molar-refractivity contribution in [2.75, 3.05) is 0 Å². The van der Waals surface area contributed by atoms with Gasteiger partial charge in [-0.2, -0.15) is 0 Å². The van der Waals surface area contributed by atoms with Crippen LogP contribution in [0.25, 0.3) is 16.8 Å². The van der Waals surface area contributed by atoms with Gasteiger partial charge in [-0.05, 0) is 41.5 Å². The van der Waals surface area contributed by atoms with Crippen molar-refractivity contribution in [3.8, 4) is 11.3 Å². The van der Waals surface area contributed by atoms with Crippen LogP contribution in [0.4, 0.5) is 0 Å². The number of benzene rings is 2. The van der Waals surface area contributed by atoms with Gasteiger partial charge in [-0.1, -0.05) is 60.7 Å². The Labute approximate surface area is 151 Å². The van der Waals surface area contributed by atoms with E-state index in [0.29, 0.717) is 5.76 Å². The van der Waals surface area contributed by atoms with Crippen molar-refractivity contribution >= 4 is 11.4 Å². The molecule has 0 aliphatic rings. The summed E-state index contributed by atoms with van der Waals surface area (Å²) >= 11 is 0. The molecule has 0 fully saturated rings. The van der Waals surface area contributed by atoms with Crippen molar-refractivity contribution in [2.24, 2.45) is 0 Å². The fraction of sp³-hybridized carbons (Fsp3) is 0. The van der Waals surface area contributed by atoms with Crippen LogP contribution in [0.15, 0.2) is 102 Å². The molecule has 0 unspecified atom stereocenters. The fourth-order valence-corrected chi connectivity index (χ4v) is 2.89. The standard InChI is InChI=1S/C23H17NO2/c25-22(23-12-7-15-26-23)16-19(17-8-3-1-4-9-17)21-14-13-20(24-21)18-10-5-2-6-11-18/h1-16,24H/b19-16-. The number of aromatic amines is 1. The van der Waals surface area contributed by atoms with Crippen molar-refractivity contribution < 1.29 is 9.21 Å². The fourth-order valence-electron chi connectivity index (χ4n) is 2.89.